The van der Waals surface area contributed by atoms with Gasteiger partial charge in [-0.25, -0.2) is 9.97 Å². The third kappa shape index (κ3) is 4.26. The second kappa shape index (κ2) is 8.23. The molecule has 1 aliphatic rings. The van der Waals surface area contributed by atoms with Crippen LogP contribution in [0.2, 0.25) is 0 Å². The van der Waals surface area contributed by atoms with Crippen LogP contribution in [0.5, 0.6) is 0 Å². The predicted octanol–water partition coefficient (Wildman–Crippen LogP) is 3.07. The topological polar surface area (TPSA) is 84.2 Å². The van der Waals surface area contributed by atoms with E-state index in [1.54, 1.807) is 7.05 Å². The van der Waals surface area contributed by atoms with Gasteiger partial charge < -0.3 is 10.2 Å². The van der Waals surface area contributed by atoms with Gasteiger partial charge in [0.2, 0.25) is 5.82 Å². The second-order valence-corrected chi connectivity index (χ2v) is 6.63. The average Bonchev–Trinajstić information content (AvgIpc) is 2.46. The van der Waals surface area contributed by atoms with Crippen LogP contribution in [-0.2, 0) is 0 Å². The summed E-state index contributed by atoms with van der Waals surface area (Å²) in [6.45, 7) is 1.81. The second-order valence-electron chi connectivity index (χ2n) is 5.01. The van der Waals surface area contributed by atoms with E-state index in [2.05, 4.69) is 20.2 Å². The highest BCUT2D eigenvalue weighted by Gasteiger charge is 2.25. The lowest BCUT2D eigenvalue weighted by Crippen LogP contribution is -2.30. The molecule has 0 amide bonds. The molecule has 0 saturated carbocycles. The average molecular weight is 341 g/mol. The van der Waals surface area contributed by atoms with Crippen molar-refractivity contribution in [3.63, 3.8) is 0 Å². The molecule has 120 valence electrons. The number of anilines is 1. The van der Waals surface area contributed by atoms with Crippen LogP contribution in [0.1, 0.15) is 32.1 Å². The Morgan fingerprint density at radius 2 is 1.95 bits per heavy atom. The number of nitro groups is 1. The third-order valence-corrected chi connectivity index (χ3v) is 4.94. The van der Waals surface area contributed by atoms with Crippen molar-refractivity contribution in [1.29, 1.82) is 0 Å². The van der Waals surface area contributed by atoms with Crippen molar-refractivity contribution in [1.82, 2.24) is 14.9 Å². The van der Waals surface area contributed by atoms with Gasteiger partial charge in [-0.1, -0.05) is 31.5 Å². The summed E-state index contributed by atoms with van der Waals surface area (Å²) in [6.07, 6.45) is 7.22. The maximum atomic E-state index is 11.3. The maximum absolute atomic E-state index is 11.3. The van der Waals surface area contributed by atoms with Gasteiger partial charge in [0, 0.05) is 20.1 Å². The predicted molar refractivity (Wildman–Crippen MR) is 91.3 cm³/mol. The van der Waals surface area contributed by atoms with E-state index >= 15 is 0 Å². The highest BCUT2D eigenvalue weighted by Crippen LogP contribution is 2.33. The zero-order chi connectivity index (χ0) is 15.9. The SMILES string of the molecule is CNc1ncnc(SC(=S)N2CCCCCCC2)c1[N+](=O)[O-]. The van der Waals surface area contributed by atoms with Crippen LogP contribution in [-0.4, -0.2) is 44.2 Å². The van der Waals surface area contributed by atoms with E-state index in [1.165, 1.54) is 37.4 Å². The quantitative estimate of drug-likeness (QED) is 0.295. The summed E-state index contributed by atoms with van der Waals surface area (Å²) in [7, 11) is 1.60. The Hall–Kier alpha value is -1.48. The number of nitrogens with one attached hydrogen (secondary N) is 1. The summed E-state index contributed by atoms with van der Waals surface area (Å²) in [5, 5.41) is 14.3. The molecule has 1 fully saturated rings. The van der Waals surface area contributed by atoms with E-state index in [1.807, 2.05) is 0 Å². The molecule has 7 nitrogen and oxygen atoms in total. The smallest absolute Gasteiger partial charge is 0.343 e. The van der Waals surface area contributed by atoms with Crippen LogP contribution < -0.4 is 5.32 Å². The van der Waals surface area contributed by atoms with Crippen LogP contribution in [0.25, 0.3) is 0 Å². The van der Waals surface area contributed by atoms with Gasteiger partial charge in [0.25, 0.3) is 0 Å². The van der Waals surface area contributed by atoms with E-state index in [0.29, 0.717) is 4.32 Å². The summed E-state index contributed by atoms with van der Waals surface area (Å²) in [5.41, 5.74) is -0.121. The van der Waals surface area contributed by atoms with Gasteiger partial charge >= 0.3 is 5.69 Å². The number of nitrogens with zero attached hydrogens (tertiary/aromatic N) is 4. The van der Waals surface area contributed by atoms with E-state index in [0.717, 1.165) is 25.9 Å². The van der Waals surface area contributed by atoms with Crippen molar-refractivity contribution in [2.45, 2.75) is 37.1 Å². The molecule has 0 aliphatic carbocycles. The molecule has 22 heavy (non-hydrogen) atoms. The molecule has 0 radical (unpaired) electrons. The molecule has 0 unspecified atom stereocenters. The van der Waals surface area contributed by atoms with Crippen molar-refractivity contribution >= 4 is 39.8 Å². The molecule has 2 rings (SSSR count). The van der Waals surface area contributed by atoms with Gasteiger partial charge in [0.05, 0.1) is 4.92 Å². The Morgan fingerprint density at radius 1 is 1.32 bits per heavy atom. The summed E-state index contributed by atoms with van der Waals surface area (Å²) in [5.74, 6) is 0.206. The normalized spacial score (nSPS) is 15.8. The van der Waals surface area contributed by atoms with E-state index < -0.39 is 4.92 Å². The van der Waals surface area contributed by atoms with Crippen LogP contribution in [0.4, 0.5) is 11.5 Å². The molecule has 1 saturated heterocycles. The lowest BCUT2D eigenvalue weighted by molar-refractivity contribution is -0.387. The van der Waals surface area contributed by atoms with Crippen LogP contribution in [0.3, 0.4) is 0 Å². The van der Waals surface area contributed by atoms with Gasteiger partial charge in [0.15, 0.2) is 5.03 Å². The maximum Gasteiger partial charge on any atom is 0.343 e. The first-order valence-corrected chi connectivity index (χ1v) is 8.50. The highest BCUT2D eigenvalue weighted by atomic mass is 32.2. The lowest BCUT2D eigenvalue weighted by atomic mass is 10.1. The molecule has 1 aromatic heterocycles. The number of hydrogen-bond donors (Lipinski definition) is 1. The number of thiocarbonyl (C=S) groups is 1. The number of likely N-dealkylation sites (tertiary alicyclic amines) is 1. The molecular formula is C13H19N5O2S2. The van der Waals surface area contributed by atoms with Crippen LogP contribution in [0, 0.1) is 10.1 Å². The minimum Gasteiger partial charge on any atom is -0.367 e. The van der Waals surface area contributed by atoms with Gasteiger partial charge in [-0.3, -0.25) is 10.1 Å². The molecule has 0 atom stereocenters. The van der Waals surface area contributed by atoms with Gasteiger partial charge in [0.1, 0.15) is 10.6 Å². The lowest BCUT2D eigenvalue weighted by Gasteiger charge is -2.26. The van der Waals surface area contributed by atoms with E-state index in [-0.39, 0.29) is 16.5 Å². The first-order chi connectivity index (χ1) is 10.6. The van der Waals surface area contributed by atoms with Gasteiger partial charge in [-0.2, -0.15) is 0 Å². The standard InChI is InChI=1S/C13H19N5O2S2/c1-14-11-10(18(19)20)12(16-9-15-11)22-13(21)17-7-5-3-2-4-6-8-17/h9H,2-8H2,1H3,(H,14,15,16). The Morgan fingerprint density at radius 3 is 2.55 bits per heavy atom. The Balaban J connectivity index is 2.15. The molecule has 1 N–H and O–H groups in total. The fourth-order valence-electron chi connectivity index (χ4n) is 2.36. The Kier molecular flexibility index (Phi) is 6.32. The molecular weight excluding hydrogens is 322 g/mol. The highest BCUT2D eigenvalue weighted by molar-refractivity contribution is 8.22. The van der Waals surface area contributed by atoms with Crippen molar-refractivity contribution in [2.75, 3.05) is 25.5 Å². The molecule has 0 bridgehead atoms. The van der Waals surface area contributed by atoms with Gasteiger partial charge in [-0.05, 0) is 24.6 Å². The fraction of sp³-hybridized carbons (Fsp3) is 0.615. The number of aromatic nitrogens is 2. The van der Waals surface area contributed by atoms with E-state index in [9.17, 15) is 10.1 Å². The summed E-state index contributed by atoms with van der Waals surface area (Å²) < 4.78 is 0.644. The number of rotatable bonds is 3. The number of thioether (sulfide) groups is 1. The first kappa shape index (κ1) is 16.9. The molecule has 9 heteroatoms. The van der Waals surface area contributed by atoms with Crippen molar-refractivity contribution < 1.29 is 4.92 Å². The van der Waals surface area contributed by atoms with Crippen molar-refractivity contribution in [3.8, 4) is 0 Å². The molecule has 0 spiro atoms. The Bertz CT molecular complexity index is 547. The third-order valence-electron chi connectivity index (χ3n) is 3.51. The minimum absolute atomic E-state index is 0.121. The Labute approximate surface area is 139 Å². The van der Waals surface area contributed by atoms with Crippen LogP contribution >= 0.6 is 24.0 Å². The monoisotopic (exact) mass is 341 g/mol. The molecule has 1 aromatic rings. The summed E-state index contributed by atoms with van der Waals surface area (Å²) >= 11 is 6.65. The first-order valence-electron chi connectivity index (χ1n) is 7.27. The van der Waals surface area contributed by atoms with E-state index in [4.69, 9.17) is 12.2 Å². The molecule has 0 aromatic carbocycles. The zero-order valence-corrected chi connectivity index (χ0v) is 14.1. The molecule has 2 heterocycles. The minimum atomic E-state index is -0.468. The largest absolute Gasteiger partial charge is 0.367 e. The van der Waals surface area contributed by atoms with Gasteiger partial charge in [-0.15, -0.1) is 0 Å². The number of hydrogen-bond acceptors (Lipinski definition) is 7. The zero-order valence-electron chi connectivity index (χ0n) is 12.4. The molecule has 1 aliphatic heterocycles. The van der Waals surface area contributed by atoms with Crippen LogP contribution in [0.15, 0.2) is 11.4 Å². The van der Waals surface area contributed by atoms with Crippen molar-refractivity contribution in [3.05, 3.63) is 16.4 Å². The summed E-state index contributed by atoms with van der Waals surface area (Å²) in [4.78, 5) is 20.9. The van der Waals surface area contributed by atoms with Crippen molar-refractivity contribution in [2.24, 2.45) is 0 Å². The fourth-order valence-corrected chi connectivity index (χ4v) is 3.63. The summed E-state index contributed by atoms with van der Waals surface area (Å²) in [6, 6.07) is 0.